The highest BCUT2D eigenvalue weighted by Crippen LogP contribution is 2.26. The summed E-state index contributed by atoms with van der Waals surface area (Å²) in [4.78, 5) is 13.6. The van der Waals surface area contributed by atoms with Crippen LogP contribution in [0.3, 0.4) is 0 Å². The number of ether oxygens (including phenoxy) is 1. The van der Waals surface area contributed by atoms with Crippen LogP contribution in [0.1, 0.15) is 38.5 Å². The van der Waals surface area contributed by atoms with Gasteiger partial charge in [0.05, 0.1) is 6.61 Å². The Hall–Kier alpha value is -0.320. The van der Waals surface area contributed by atoms with Crippen LogP contribution in [0.5, 0.6) is 0 Å². The van der Waals surface area contributed by atoms with E-state index in [1.165, 1.54) is 32.1 Å². The molecule has 0 radical (unpaired) electrons. The minimum Gasteiger partial charge on any atom is -0.383 e. The first kappa shape index (κ1) is 17.7. The molecule has 0 spiro atoms. The molecule has 0 heterocycles. The van der Waals surface area contributed by atoms with Crippen molar-refractivity contribution in [2.75, 3.05) is 27.3 Å². The molecule has 2 N–H and O–H groups in total. The second-order valence-corrected chi connectivity index (χ2v) is 5.11. The fourth-order valence-electron chi connectivity index (χ4n) is 2.50. The molecule has 0 aromatic carbocycles. The molecular formula is C13H27ClN2O2. The second-order valence-electron chi connectivity index (χ2n) is 5.11. The molecule has 1 aliphatic carbocycles. The van der Waals surface area contributed by atoms with Gasteiger partial charge in [0.25, 0.3) is 0 Å². The van der Waals surface area contributed by atoms with Gasteiger partial charge in [-0.15, -0.1) is 12.4 Å². The number of methoxy groups -OCH3 is 1. The lowest BCUT2D eigenvalue weighted by atomic mass is 9.87. The van der Waals surface area contributed by atoms with Gasteiger partial charge < -0.3 is 15.4 Å². The molecule has 0 aliphatic heterocycles. The Morgan fingerprint density at radius 3 is 2.56 bits per heavy atom. The van der Waals surface area contributed by atoms with Crippen molar-refractivity contribution < 1.29 is 9.53 Å². The van der Waals surface area contributed by atoms with Crippen molar-refractivity contribution in [3.05, 3.63) is 0 Å². The zero-order valence-electron chi connectivity index (χ0n) is 11.6. The fraction of sp³-hybridized carbons (Fsp3) is 0.923. The molecule has 4 nitrogen and oxygen atoms in total. The number of carbonyl (C=O) groups excluding carboxylic acids is 1. The molecule has 1 saturated carbocycles. The smallest absolute Gasteiger partial charge is 0.241 e. The summed E-state index contributed by atoms with van der Waals surface area (Å²) in [5.41, 5.74) is 5.72. The maximum Gasteiger partial charge on any atom is 0.241 e. The Morgan fingerprint density at radius 2 is 2.00 bits per heavy atom. The predicted octanol–water partition coefficient (Wildman–Crippen LogP) is 1.81. The molecule has 1 unspecified atom stereocenters. The summed E-state index contributed by atoms with van der Waals surface area (Å²) in [6.07, 6.45) is 7.85. The Kier molecular flexibility index (Phi) is 9.42. The van der Waals surface area contributed by atoms with Crippen molar-refractivity contribution >= 4 is 18.3 Å². The van der Waals surface area contributed by atoms with Gasteiger partial charge in [0.2, 0.25) is 5.91 Å². The van der Waals surface area contributed by atoms with Crippen molar-refractivity contribution in [3.8, 4) is 0 Å². The maximum absolute atomic E-state index is 11.8. The molecule has 1 atom stereocenters. The van der Waals surface area contributed by atoms with Gasteiger partial charge in [-0.3, -0.25) is 4.79 Å². The molecule has 1 rings (SSSR count). The van der Waals surface area contributed by atoms with Crippen molar-refractivity contribution in [2.24, 2.45) is 11.7 Å². The summed E-state index contributed by atoms with van der Waals surface area (Å²) in [5, 5.41) is 0. The molecular weight excluding hydrogens is 252 g/mol. The van der Waals surface area contributed by atoms with E-state index in [-0.39, 0.29) is 18.3 Å². The van der Waals surface area contributed by atoms with Gasteiger partial charge >= 0.3 is 0 Å². The lowest BCUT2D eigenvalue weighted by Gasteiger charge is -2.26. The maximum atomic E-state index is 11.8. The van der Waals surface area contributed by atoms with Crippen molar-refractivity contribution in [2.45, 2.75) is 44.6 Å². The van der Waals surface area contributed by atoms with Gasteiger partial charge in [0.1, 0.15) is 6.04 Å². The highest BCUT2D eigenvalue weighted by atomic mass is 35.5. The van der Waals surface area contributed by atoms with Crippen LogP contribution in [0.2, 0.25) is 0 Å². The van der Waals surface area contributed by atoms with Crippen LogP contribution < -0.4 is 5.73 Å². The lowest BCUT2D eigenvalue weighted by Crippen LogP contribution is -2.45. The fourth-order valence-corrected chi connectivity index (χ4v) is 2.50. The largest absolute Gasteiger partial charge is 0.383 e. The molecule has 0 bridgehead atoms. The lowest BCUT2D eigenvalue weighted by molar-refractivity contribution is -0.132. The van der Waals surface area contributed by atoms with E-state index < -0.39 is 6.04 Å². The zero-order chi connectivity index (χ0) is 12.7. The topological polar surface area (TPSA) is 55.6 Å². The molecule has 1 aliphatic rings. The summed E-state index contributed by atoms with van der Waals surface area (Å²) in [7, 11) is 3.40. The van der Waals surface area contributed by atoms with E-state index in [4.69, 9.17) is 10.5 Å². The number of rotatable bonds is 6. The average molecular weight is 279 g/mol. The molecule has 0 aromatic rings. The number of halogens is 1. The van der Waals surface area contributed by atoms with E-state index in [0.29, 0.717) is 6.61 Å². The minimum absolute atomic E-state index is 0. The van der Waals surface area contributed by atoms with E-state index in [0.717, 1.165) is 18.9 Å². The normalized spacial score (nSPS) is 17.9. The summed E-state index contributed by atoms with van der Waals surface area (Å²) in [6, 6.07) is -0.517. The van der Waals surface area contributed by atoms with Crippen LogP contribution in [0.15, 0.2) is 0 Å². The average Bonchev–Trinajstić information content (AvgIpc) is 2.36. The number of nitrogens with two attached hydrogens (primary N) is 1. The number of carbonyl (C=O) groups is 1. The first-order valence-electron chi connectivity index (χ1n) is 6.64. The standard InChI is InChI=1S/C13H26N2O2.ClH/c1-15(13(16)12(14)10-17-2)9-8-11-6-4-3-5-7-11;/h11-12H,3-10,14H2,1-2H3;1H. The zero-order valence-corrected chi connectivity index (χ0v) is 12.4. The van der Waals surface area contributed by atoms with Crippen LogP contribution in [-0.4, -0.2) is 44.2 Å². The molecule has 0 saturated heterocycles. The van der Waals surface area contributed by atoms with Gasteiger partial charge in [-0.2, -0.15) is 0 Å². The molecule has 18 heavy (non-hydrogen) atoms. The number of hydrogen-bond donors (Lipinski definition) is 1. The third-order valence-corrected chi connectivity index (χ3v) is 3.64. The van der Waals surface area contributed by atoms with E-state index in [9.17, 15) is 4.79 Å². The number of hydrogen-bond acceptors (Lipinski definition) is 3. The van der Waals surface area contributed by atoms with Crippen LogP contribution in [-0.2, 0) is 9.53 Å². The molecule has 1 amide bonds. The van der Waals surface area contributed by atoms with E-state index >= 15 is 0 Å². The number of nitrogens with zero attached hydrogens (tertiary/aromatic N) is 1. The third kappa shape index (κ3) is 6.03. The highest BCUT2D eigenvalue weighted by molar-refractivity contribution is 5.85. The molecule has 5 heteroatoms. The Morgan fingerprint density at radius 1 is 1.39 bits per heavy atom. The summed E-state index contributed by atoms with van der Waals surface area (Å²) >= 11 is 0. The van der Waals surface area contributed by atoms with Crippen molar-refractivity contribution in [1.82, 2.24) is 4.90 Å². The van der Waals surface area contributed by atoms with Crippen LogP contribution in [0.25, 0.3) is 0 Å². The highest BCUT2D eigenvalue weighted by Gasteiger charge is 2.19. The van der Waals surface area contributed by atoms with Crippen LogP contribution in [0.4, 0.5) is 0 Å². The number of amides is 1. The molecule has 1 fully saturated rings. The van der Waals surface area contributed by atoms with Crippen molar-refractivity contribution in [1.29, 1.82) is 0 Å². The van der Waals surface area contributed by atoms with Gasteiger partial charge in [-0.1, -0.05) is 32.1 Å². The van der Waals surface area contributed by atoms with Gasteiger partial charge in [0, 0.05) is 20.7 Å². The first-order chi connectivity index (χ1) is 8.15. The summed E-state index contributed by atoms with van der Waals surface area (Å²) in [6.45, 7) is 1.12. The number of likely N-dealkylation sites (N-methyl/N-ethyl adjacent to an activating group) is 1. The Bertz CT molecular complexity index is 233. The van der Waals surface area contributed by atoms with Gasteiger partial charge in [0.15, 0.2) is 0 Å². The van der Waals surface area contributed by atoms with E-state index in [2.05, 4.69) is 0 Å². The molecule has 108 valence electrons. The van der Waals surface area contributed by atoms with Crippen LogP contribution in [0, 0.1) is 5.92 Å². The van der Waals surface area contributed by atoms with Crippen molar-refractivity contribution in [3.63, 3.8) is 0 Å². The van der Waals surface area contributed by atoms with Crippen LogP contribution >= 0.6 is 12.4 Å². The van der Waals surface area contributed by atoms with Gasteiger partial charge in [-0.25, -0.2) is 0 Å². The minimum atomic E-state index is -0.517. The Balaban J connectivity index is 0.00000289. The quantitative estimate of drug-likeness (QED) is 0.806. The summed E-state index contributed by atoms with van der Waals surface area (Å²) in [5.74, 6) is 0.792. The monoisotopic (exact) mass is 278 g/mol. The first-order valence-corrected chi connectivity index (χ1v) is 6.64. The van der Waals surface area contributed by atoms with E-state index in [1.54, 1.807) is 12.0 Å². The van der Waals surface area contributed by atoms with E-state index in [1.807, 2.05) is 7.05 Å². The second kappa shape index (κ2) is 9.59. The SMILES string of the molecule is COCC(N)C(=O)N(C)CCC1CCCCC1.Cl. The molecule has 0 aromatic heterocycles. The Labute approximate surface area is 117 Å². The predicted molar refractivity (Wildman–Crippen MR) is 75.9 cm³/mol. The van der Waals surface area contributed by atoms with Gasteiger partial charge in [-0.05, 0) is 12.3 Å². The third-order valence-electron chi connectivity index (χ3n) is 3.64. The summed E-state index contributed by atoms with van der Waals surface area (Å²) < 4.78 is 4.90.